The molecule has 2 aromatic rings. The highest BCUT2D eigenvalue weighted by molar-refractivity contribution is 5.73. The standard InChI is InChI=1S/C16H23N3O/c1-16(2,3)15-18-13-10-12(4-5-14(13)20-15)11-19-8-6-17-7-9-19/h4-5,10,17H,6-9,11H2,1-3H3. The average molecular weight is 273 g/mol. The molecule has 1 saturated heterocycles. The Hall–Kier alpha value is -1.39. The van der Waals surface area contributed by atoms with Gasteiger partial charge in [0.2, 0.25) is 5.89 Å². The minimum Gasteiger partial charge on any atom is -0.440 e. The van der Waals surface area contributed by atoms with E-state index in [-0.39, 0.29) is 5.41 Å². The van der Waals surface area contributed by atoms with Gasteiger partial charge in [-0.1, -0.05) is 26.8 Å². The maximum atomic E-state index is 5.84. The van der Waals surface area contributed by atoms with Crippen LogP contribution in [0.1, 0.15) is 32.2 Å². The van der Waals surface area contributed by atoms with Gasteiger partial charge in [-0.05, 0) is 17.7 Å². The van der Waals surface area contributed by atoms with E-state index in [1.807, 2.05) is 0 Å². The second-order valence-corrected chi connectivity index (χ2v) is 6.60. The molecule has 0 radical (unpaired) electrons. The van der Waals surface area contributed by atoms with Gasteiger partial charge >= 0.3 is 0 Å². The van der Waals surface area contributed by atoms with Crippen LogP contribution in [-0.4, -0.2) is 36.1 Å². The fourth-order valence-electron chi connectivity index (χ4n) is 2.52. The van der Waals surface area contributed by atoms with Crippen LogP contribution in [0.4, 0.5) is 0 Å². The van der Waals surface area contributed by atoms with Crippen molar-refractivity contribution >= 4 is 11.1 Å². The minimum absolute atomic E-state index is 0.0439. The van der Waals surface area contributed by atoms with E-state index in [1.165, 1.54) is 5.56 Å². The summed E-state index contributed by atoms with van der Waals surface area (Å²) in [6.45, 7) is 11.8. The lowest BCUT2D eigenvalue weighted by Crippen LogP contribution is -2.42. The molecule has 1 aromatic heterocycles. The van der Waals surface area contributed by atoms with Crippen molar-refractivity contribution in [3.8, 4) is 0 Å². The van der Waals surface area contributed by atoms with Crippen molar-refractivity contribution in [3.05, 3.63) is 29.7 Å². The zero-order valence-corrected chi connectivity index (χ0v) is 12.6. The molecule has 4 heteroatoms. The van der Waals surface area contributed by atoms with Gasteiger partial charge in [-0.3, -0.25) is 4.90 Å². The molecular weight excluding hydrogens is 250 g/mol. The number of piperazine rings is 1. The molecule has 1 N–H and O–H groups in total. The predicted molar refractivity (Wildman–Crippen MR) is 80.9 cm³/mol. The molecule has 1 fully saturated rings. The molecule has 0 saturated carbocycles. The number of nitrogens with one attached hydrogen (secondary N) is 1. The number of hydrogen-bond acceptors (Lipinski definition) is 4. The zero-order valence-electron chi connectivity index (χ0n) is 12.6. The summed E-state index contributed by atoms with van der Waals surface area (Å²) in [5, 5.41) is 3.38. The van der Waals surface area contributed by atoms with Crippen LogP contribution in [0.5, 0.6) is 0 Å². The fraction of sp³-hybridized carbons (Fsp3) is 0.562. The van der Waals surface area contributed by atoms with Crippen LogP contribution >= 0.6 is 0 Å². The number of fused-ring (bicyclic) bond motifs is 1. The minimum atomic E-state index is -0.0439. The number of rotatable bonds is 2. The molecular formula is C16H23N3O. The second kappa shape index (κ2) is 5.19. The van der Waals surface area contributed by atoms with E-state index in [2.05, 4.69) is 54.2 Å². The Balaban J connectivity index is 1.82. The van der Waals surface area contributed by atoms with Gasteiger partial charge in [0.1, 0.15) is 5.52 Å². The lowest BCUT2D eigenvalue weighted by Gasteiger charge is -2.27. The van der Waals surface area contributed by atoms with Gasteiger partial charge in [0.05, 0.1) is 0 Å². The number of aromatic nitrogens is 1. The Morgan fingerprint density at radius 1 is 1.25 bits per heavy atom. The Morgan fingerprint density at radius 2 is 2.00 bits per heavy atom. The SMILES string of the molecule is CC(C)(C)c1nc2cc(CN3CCNCC3)ccc2o1. The van der Waals surface area contributed by atoms with Gasteiger partial charge in [-0.15, -0.1) is 0 Å². The Labute approximate surface area is 120 Å². The summed E-state index contributed by atoms with van der Waals surface area (Å²) in [7, 11) is 0. The lowest BCUT2D eigenvalue weighted by molar-refractivity contribution is 0.233. The first-order valence-electron chi connectivity index (χ1n) is 7.35. The van der Waals surface area contributed by atoms with E-state index in [4.69, 9.17) is 4.42 Å². The monoisotopic (exact) mass is 273 g/mol. The van der Waals surface area contributed by atoms with Gasteiger partial charge in [0.15, 0.2) is 5.58 Å². The lowest BCUT2D eigenvalue weighted by atomic mass is 9.97. The summed E-state index contributed by atoms with van der Waals surface area (Å²) in [6, 6.07) is 6.37. The van der Waals surface area contributed by atoms with Crippen LogP contribution in [0.25, 0.3) is 11.1 Å². The molecule has 4 nitrogen and oxygen atoms in total. The van der Waals surface area contributed by atoms with Gasteiger partial charge in [0.25, 0.3) is 0 Å². The largest absolute Gasteiger partial charge is 0.440 e. The van der Waals surface area contributed by atoms with Crippen molar-refractivity contribution in [1.29, 1.82) is 0 Å². The Morgan fingerprint density at radius 3 is 2.70 bits per heavy atom. The van der Waals surface area contributed by atoms with Gasteiger partial charge in [0, 0.05) is 38.1 Å². The van der Waals surface area contributed by atoms with E-state index in [0.717, 1.165) is 49.7 Å². The molecule has 0 amide bonds. The van der Waals surface area contributed by atoms with Crippen molar-refractivity contribution < 1.29 is 4.42 Å². The first-order chi connectivity index (χ1) is 9.52. The molecule has 0 unspecified atom stereocenters. The topological polar surface area (TPSA) is 41.3 Å². The summed E-state index contributed by atoms with van der Waals surface area (Å²) in [5.41, 5.74) is 3.13. The molecule has 2 heterocycles. The van der Waals surface area contributed by atoms with Crippen LogP contribution in [0.3, 0.4) is 0 Å². The van der Waals surface area contributed by atoms with Crippen molar-refractivity contribution in [3.63, 3.8) is 0 Å². The number of oxazole rings is 1. The zero-order chi connectivity index (χ0) is 14.2. The number of benzene rings is 1. The normalized spacial score (nSPS) is 17.8. The first-order valence-corrected chi connectivity index (χ1v) is 7.35. The summed E-state index contributed by atoms with van der Waals surface area (Å²) >= 11 is 0. The summed E-state index contributed by atoms with van der Waals surface area (Å²) in [5.74, 6) is 0.812. The molecule has 1 aromatic carbocycles. The third-order valence-electron chi connectivity index (χ3n) is 3.71. The molecule has 0 atom stereocenters. The van der Waals surface area contributed by atoms with Gasteiger partial charge in [-0.25, -0.2) is 4.98 Å². The number of nitrogens with zero attached hydrogens (tertiary/aromatic N) is 2. The molecule has 1 aliphatic heterocycles. The molecule has 1 aliphatic rings. The van der Waals surface area contributed by atoms with Crippen LogP contribution in [0.2, 0.25) is 0 Å². The van der Waals surface area contributed by atoms with E-state index in [1.54, 1.807) is 0 Å². The van der Waals surface area contributed by atoms with Crippen LogP contribution < -0.4 is 5.32 Å². The Bertz CT molecular complexity index is 591. The van der Waals surface area contributed by atoms with Crippen LogP contribution in [-0.2, 0) is 12.0 Å². The third kappa shape index (κ3) is 2.86. The van der Waals surface area contributed by atoms with Gasteiger partial charge < -0.3 is 9.73 Å². The molecule has 3 rings (SSSR count). The quantitative estimate of drug-likeness (QED) is 0.913. The molecule has 0 aliphatic carbocycles. The van der Waals surface area contributed by atoms with Crippen LogP contribution in [0.15, 0.2) is 22.6 Å². The van der Waals surface area contributed by atoms with Crippen molar-refractivity contribution in [2.24, 2.45) is 0 Å². The predicted octanol–water partition coefficient (Wildman–Crippen LogP) is 2.53. The third-order valence-corrected chi connectivity index (χ3v) is 3.71. The van der Waals surface area contributed by atoms with E-state index in [0.29, 0.717) is 0 Å². The molecule has 20 heavy (non-hydrogen) atoms. The average Bonchev–Trinajstić information content (AvgIpc) is 2.83. The van der Waals surface area contributed by atoms with Gasteiger partial charge in [-0.2, -0.15) is 0 Å². The maximum absolute atomic E-state index is 5.84. The van der Waals surface area contributed by atoms with E-state index >= 15 is 0 Å². The van der Waals surface area contributed by atoms with E-state index in [9.17, 15) is 0 Å². The summed E-state index contributed by atoms with van der Waals surface area (Å²) in [6.07, 6.45) is 0. The van der Waals surface area contributed by atoms with Crippen molar-refractivity contribution in [2.45, 2.75) is 32.7 Å². The fourth-order valence-corrected chi connectivity index (χ4v) is 2.52. The smallest absolute Gasteiger partial charge is 0.200 e. The maximum Gasteiger partial charge on any atom is 0.200 e. The molecule has 0 spiro atoms. The molecule has 0 bridgehead atoms. The highest BCUT2D eigenvalue weighted by Gasteiger charge is 2.21. The first kappa shape index (κ1) is 13.6. The van der Waals surface area contributed by atoms with Crippen LogP contribution in [0, 0.1) is 0 Å². The summed E-state index contributed by atoms with van der Waals surface area (Å²) < 4.78 is 5.84. The molecule has 108 valence electrons. The highest BCUT2D eigenvalue weighted by atomic mass is 16.3. The van der Waals surface area contributed by atoms with Crippen molar-refractivity contribution in [1.82, 2.24) is 15.2 Å². The van der Waals surface area contributed by atoms with E-state index < -0.39 is 0 Å². The second-order valence-electron chi connectivity index (χ2n) is 6.60. The highest BCUT2D eigenvalue weighted by Crippen LogP contribution is 2.26. The Kier molecular flexibility index (Phi) is 3.52. The number of hydrogen-bond donors (Lipinski definition) is 1. The van der Waals surface area contributed by atoms with Crippen molar-refractivity contribution in [2.75, 3.05) is 26.2 Å². The summed E-state index contributed by atoms with van der Waals surface area (Å²) in [4.78, 5) is 7.11.